The quantitative estimate of drug-likeness (QED) is 0.711. The number of benzene rings is 1. The van der Waals surface area contributed by atoms with Gasteiger partial charge in [-0.25, -0.2) is 0 Å². The molecule has 1 unspecified atom stereocenters. The van der Waals surface area contributed by atoms with Crippen LogP contribution in [0, 0.1) is 11.3 Å². The number of hydrogen-bond donors (Lipinski definition) is 1. The van der Waals surface area contributed by atoms with Crippen LogP contribution in [0.5, 0.6) is 0 Å². The minimum Gasteiger partial charge on any atom is -0.374 e. The largest absolute Gasteiger partial charge is 0.374 e. The predicted molar refractivity (Wildman–Crippen MR) is 47.0 cm³/mol. The van der Waals surface area contributed by atoms with Crippen LogP contribution in [0.3, 0.4) is 0 Å². The molecule has 0 aromatic heterocycles. The van der Waals surface area contributed by atoms with E-state index in [1.807, 2.05) is 0 Å². The molecule has 1 N–H and O–H groups in total. The number of nitrogens with zero attached hydrogens (tertiary/aromatic N) is 1. The SMILES string of the molecule is N#CC(O)c1ccc(Cl)cc1Cl. The minimum atomic E-state index is -1.19. The van der Waals surface area contributed by atoms with Gasteiger partial charge < -0.3 is 5.11 Å². The molecule has 1 aromatic carbocycles. The first kappa shape index (κ1) is 9.34. The van der Waals surface area contributed by atoms with Crippen LogP contribution in [0.2, 0.25) is 10.0 Å². The molecule has 12 heavy (non-hydrogen) atoms. The minimum absolute atomic E-state index is 0.302. The van der Waals surface area contributed by atoms with Crippen LogP contribution < -0.4 is 0 Å². The van der Waals surface area contributed by atoms with E-state index >= 15 is 0 Å². The number of aliphatic hydroxyl groups excluding tert-OH is 1. The number of aliphatic hydroxyl groups is 1. The van der Waals surface area contributed by atoms with Crippen LogP contribution in [0.15, 0.2) is 18.2 Å². The molecule has 1 aromatic rings. The first-order valence-corrected chi connectivity index (χ1v) is 3.93. The molecular formula is C8H5Cl2NO. The first-order valence-electron chi connectivity index (χ1n) is 3.18. The third-order valence-electron chi connectivity index (χ3n) is 1.38. The number of rotatable bonds is 1. The second kappa shape index (κ2) is 3.77. The Bertz CT molecular complexity index is 332. The zero-order chi connectivity index (χ0) is 9.14. The summed E-state index contributed by atoms with van der Waals surface area (Å²) in [6.45, 7) is 0. The molecule has 0 fully saturated rings. The lowest BCUT2D eigenvalue weighted by molar-refractivity contribution is 0.236. The van der Waals surface area contributed by atoms with Crippen molar-refractivity contribution in [3.8, 4) is 6.07 Å². The molecule has 62 valence electrons. The van der Waals surface area contributed by atoms with Crippen LogP contribution in [0.25, 0.3) is 0 Å². The summed E-state index contributed by atoms with van der Waals surface area (Å²) in [5, 5.41) is 18.3. The van der Waals surface area contributed by atoms with Crippen molar-refractivity contribution < 1.29 is 5.11 Å². The van der Waals surface area contributed by atoms with Crippen molar-refractivity contribution in [1.29, 1.82) is 5.26 Å². The maximum absolute atomic E-state index is 9.11. The van der Waals surface area contributed by atoms with Gasteiger partial charge in [-0.3, -0.25) is 0 Å². The Labute approximate surface area is 80.0 Å². The lowest BCUT2D eigenvalue weighted by Crippen LogP contribution is -1.93. The van der Waals surface area contributed by atoms with E-state index in [0.29, 0.717) is 15.6 Å². The van der Waals surface area contributed by atoms with Crippen LogP contribution in [-0.4, -0.2) is 5.11 Å². The summed E-state index contributed by atoms with van der Waals surface area (Å²) in [6.07, 6.45) is -1.19. The van der Waals surface area contributed by atoms with Crippen molar-refractivity contribution in [2.24, 2.45) is 0 Å². The molecule has 0 aliphatic carbocycles. The van der Waals surface area contributed by atoms with Crippen LogP contribution in [0.1, 0.15) is 11.7 Å². The summed E-state index contributed by atoms with van der Waals surface area (Å²) in [6, 6.07) is 6.25. The average Bonchev–Trinajstić information content (AvgIpc) is 2.03. The third-order valence-corrected chi connectivity index (χ3v) is 1.94. The predicted octanol–water partition coefficient (Wildman–Crippen LogP) is 2.55. The molecule has 0 amide bonds. The van der Waals surface area contributed by atoms with Gasteiger partial charge in [0.05, 0.1) is 6.07 Å². The van der Waals surface area contributed by atoms with Gasteiger partial charge in [-0.05, 0) is 12.1 Å². The maximum Gasteiger partial charge on any atom is 0.167 e. The van der Waals surface area contributed by atoms with Crippen molar-refractivity contribution in [2.45, 2.75) is 6.10 Å². The Morgan fingerprint density at radius 3 is 2.58 bits per heavy atom. The summed E-state index contributed by atoms with van der Waals surface area (Å²) in [4.78, 5) is 0. The molecular weight excluding hydrogens is 197 g/mol. The highest BCUT2D eigenvalue weighted by Gasteiger charge is 2.09. The zero-order valence-corrected chi connectivity index (χ0v) is 7.47. The van der Waals surface area contributed by atoms with E-state index in [2.05, 4.69) is 0 Å². The Morgan fingerprint density at radius 1 is 1.42 bits per heavy atom. The Hall–Kier alpha value is -0.750. The Kier molecular flexibility index (Phi) is 2.93. The summed E-state index contributed by atoms with van der Waals surface area (Å²) in [7, 11) is 0. The summed E-state index contributed by atoms with van der Waals surface area (Å²) in [5.41, 5.74) is 0.378. The molecule has 0 bridgehead atoms. The second-order valence-electron chi connectivity index (χ2n) is 2.20. The topological polar surface area (TPSA) is 44.0 Å². The van der Waals surface area contributed by atoms with Crippen LogP contribution in [-0.2, 0) is 0 Å². The van der Waals surface area contributed by atoms with E-state index in [1.54, 1.807) is 12.1 Å². The van der Waals surface area contributed by atoms with E-state index < -0.39 is 6.10 Å². The molecule has 0 aliphatic rings. The highest BCUT2D eigenvalue weighted by molar-refractivity contribution is 6.35. The summed E-state index contributed by atoms with van der Waals surface area (Å²) >= 11 is 11.3. The van der Waals surface area contributed by atoms with E-state index in [4.69, 9.17) is 33.6 Å². The maximum atomic E-state index is 9.11. The van der Waals surface area contributed by atoms with Gasteiger partial charge in [0.2, 0.25) is 0 Å². The molecule has 0 radical (unpaired) electrons. The van der Waals surface area contributed by atoms with Crippen molar-refractivity contribution in [2.75, 3.05) is 0 Å². The summed E-state index contributed by atoms with van der Waals surface area (Å²) in [5.74, 6) is 0. The van der Waals surface area contributed by atoms with E-state index in [0.717, 1.165) is 0 Å². The molecule has 0 spiro atoms. The number of nitriles is 1. The lowest BCUT2D eigenvalue weighted by atomic mass is 10.1. The van der Waals surface area contributed by atoms with Gasteiger partial charge in [-0.15, -0.1) is 0 Å². The van der Waals surface area contributed by atoms with Gasteiger partial charge in [-0.1, -0.05) is 29.3 Å². The van der Waals surface area contributed by atoms with Gasteiger partial charge in [0, 0.05) is 15.6 Å². The highest BCUT2D eigenvalue weighted by atomic mass is 35.5. The van der Waals surface area contributed by atoms with Gasteiger partial charge in [0.1, 0.15) is 0 Å². The average molecular weight is 202 g/mol. The Balaban J connectivity index is 3.11. The highest BCUT2D eigenvalue weighted by Crippen LogP contribution is 2.25. The first-order chi connectivity index (χ1) is 5.65. The lowest BCUT2D eigenvalue weighted by Gasteiger charge is -2.04. The van der Waals surface area contributed by atoms with Crippen molar-refractivity contribution in [3.63, 3.8) is 0 Å². The normalized spacial score (nSPS) is 12.2. The van der Waals surface area contributed by atoms with E-state index in [9.17, 15) is 0 Å². The number of halogens is 2. The van der Waals surface area contributed by atoms with Crippen molar-refractivity contribution >= 4 is 23.2 Å². The molecule has 0 aliphatic heterocycles. The number of hydrogen-bond acceptors (Lipinski definition) is 2. The molecule has 1 atom stereocenters. The van der Waals surface area contributed by atoms with Crippen molar-refractivity contribution in [3.05, 3.63) is 33.8 Å². The van der Waals surface area contributed by atoms with Crippen LogP contribution >= 0.6 is 23.2 Å². The van der Waals surface area contributed by atoms with Gasteiger partial charge in [0.25, 0.3) is 0 Å². The van der Waals surface area contributed by atoms with Gasteiger partial charge in [0.15, 0.2) is 6.10 Å². The second-order valence-corrected chi connectivity index (χ2v) is 3.04. The van der Waals surface area contributed by atoms with Gasteiger partial charge >= 0.3 is 0 Å². The third kappa shape index (κ3) is 1.89. The fourth-order valence-corrected chi connectivity index (χ4v) is 1.30. The molecule has 0 heterocycles. The smallest absolute Gasteiger partial charge is 0.167 e. The zero-order valence-electron chi connectivity index (χ0n) is 5.96. The molecule has 0 saturated carbocycles. The fraction of sp³-hybridized carbons (Fsp3) is 0.125. The molecule has 0 saturated heterocycles. The van der Waals surface area contributed by atoms with Crippen molar-refractivity contribution in [1.82, 2.24) is 0 Å². The molecule has 4 heteroatoms. The molecule has 2 nitrogen and oxygen atoms in total. The van der Waals surface area contributed by atoms with E-state index in [-0.39, 0.29) is 0 Å². The van der Waals surface area contributed by atoms with E-state index in [1.165, 1.54) is 12.1 Å². The van der Waals surface area contributed by atoms with Gasteiger partial charge in [-0.2, -0.15) is 5.26 Å². The Morgan fingerprint density at radius 2 is 2.08 bits per heavy atom. The summed E-state index contributed by atoms with van der Waals surface area (Å²) < 4.78 is 0. The van der Waals surface area contributed by atoms with Crippen LogP contribution in [0.4, 0.5) is 0 Å². The fourth-order valence-electron chi connectivity index (χ4n) is 0.793. The standard InChI is InChI=1S/C8H5Cl2NO/c9-5-1-2-6(7(10)3-5)8(12)4-11/h1-3,8,12H. The molecule has 1 rings (SSSR count). The monoisotopic (exact) mass is 201 g/mol.